The van der Waals surface area contributed by atoms with Crippen molar-refractivity contribution in [3.05, 3.63) is 88.3 Å². The van der Waals surface area contributed by atoms with Crippen LogP contribution in [-0.2, 0) is 6.54 Å². The van der Waals surface area contributed by atoms with E-state index in [0.29, 0.717) is 22.4 Å². The Labute approximate surface area is 212 Å². The van der Waals surface area contributed by atoms with E-state index in [4.69, 9.17) is 0 Å². The standard InChI is InChI=1S/C26H24FN7O3/c1-15-8-17(5-7-19(15)27)12-29-24(35)20-10-21(31-14-30-20)25(36)32-22-13-34(26(37)33(2)3)23-9-16(11-28)4-6-18(22)23/h4-10,14,22H,12-13H2,1-3H3,(H,29,35)(H,32,36). The molecule has 4 rings (SSSR count). The summed E-state index contributed by atoms with van der Waals surface area (Å²) in [5.74, 6) is -1.40. The van der Waals surface area contributed by atoms with Crippen molar-refractivity contribution < 1.29 is 18.8 Å². The van der Waals surface area contributed by atoms with Crippen molar-refractivity contribution in [2.45, 2.75) is 19.5 Å². The molecule has 10 nitrogen and oxygen atoms in total. The van der Waals surface area contributed by atoms with Crippen molar-refractivity contribution >= 4 is 23.5 Å². The van der Waals surface area contributed by atoms with Gasteiger partial charge in [0.05, 0.1) is 29.9 Å². The number of halogens is 1. The van der Waals surface area contributed by atoms with Gasteiger partial charge >= 0.3 is 6.03 Å². The van der Waals surface area contributed by atoms with E-state index >= 15 is 0 Å². The summed E-state index contributed by atoms with van der Waals surface area (Å²) in [6.45, 7) is 1.96. The van der Waals surface area contributed by atoms with Gasteiger partial charge in [-0.05, 0) is 36.2 Å². The van der Waals surface area contributed by atoms with Crippen LogP contribution in [0.3, 0.4) is 0 Å². The Morgan fingerprint density at radius 3 is 2.51 bits per heavy atom. The van der Waals surface area contributed by atoms with Crippen LogP contribution in [0.4, 0.5) is 14.9 Å². The Hall–Kier alpha value is -4.85. The second-order valence-corrected chi connectivity index (χ2v) is 8.75. The Balaban J connectivity index is 1.48. The maximum absolute atomic E-state index is 13.5. The monoisotopic (exact) mass is 501 g/mol. The van der Waals surface area contributed by atoms with Gasteiger partial charge in [0.25, 0.3) is 11.8 Å². The van der Waals surface area contributed by atoms with Gasteiger partial charge in [0.1, 0.15) is 23.5 Å². The third kappa shape index (κ3) is 5.38. The number of benzene rings is 2. The maximum atomic E-state index is 13.5. The van der Waals surface area contributed by atoms with Crippen LogP contribution >= 0.6 is 0 Å². The number of carbonyl (C=O) groups excluding carboxylic acids is 3. The molecule has 0 bridgehead atoms. The number of nitrogens with zero attached hydrogens (tertiary/aromatic N) is 5. The molecule has 2 N–H and O–H groups in total. The molecule has 4 amide bonds. The molecule has 11 heteroatoms. The zero-order valence-electron chi connectivity index (χ0n) is 20.4. The third-order valence-electron chi connectivity index (χ3n) is 5.92. The molecule has 188 valence electrons. The van der Waals surface area contributed by atoms with Gasteiger partial charge in [-0.15, -0.1) is 0 Å². The molecule has 1 aliphatic rings. The Morgan fingerprint density at radius 2 is 1.84 bits per heavy atom. The molecule has 2 aromatic carbocycles. The van der Waals surface area contributed by atoms with E-state index in [1.807, 2.05) is 0 Å². The molecule has 0 spiro atoms. The molecular weight excluding hydrogens is 477 g/mol. The summed E-state index contributed by atoms with van der Waals surface area (Å²) >= 11 is 0. The van der Waals surface area contributed by atoms with Crippen LogP contribution in [0.5, 0.6) is 0 Å². The van der Waals surface area contributed by atoms with E-state index in [0.717, 1.165) is 11.9 Å². The smallest absolute Gasteiger partial charge is 0.324 e. The number of aromatic nitrogens is 2. The quantitative estimate of drug-likeness (QED) is 0.553. The first-order valence-electron chi connectivity index (χ1n) is 11.4. The van der Waals surface area contributed by atoms with Crippen LogP contribution < -0.4 is 15.5 Å². The molecule has 0 radical (unpaired) electrons. The van der Waals surface area contributed by atoms with Crippen LogP contribution in [-0.4, -0.2) is 53.4 Å². The number of rotatable bonds is 5. The molecule has 1 aromatic heterocycles. The van der Waals surface area contributed by atoms with Gasteiger partial charge in [-0.3, -0.25) is 14.5 Å². The second-order valence-electron chi connectivity index (χ2n) is 8.75. The maximum Gasteiger partial charge on any atom is 0.324 e. The summed E-state index contributed by atoms with van der Waals surface area (Å²) in [5, 5.41) is 14.8. The zero-order chi connectivity index (χ0) is 26.7. The number of fused-ring (bicyclic) bond motifs is 1. The molecule has 1 unspecified atom stereocenters. The molecule has 37 heavy (non-hydrogen) atoms. The van der Waals surface area contributed by atoms with Crippen molar-refractivity contribution in [1.29, 1.82) is 5.26 Å². The average Bonchev–Trinajstić information content (AvgIpc) is 3.25. The van der Waals surface area contributed by atoms with Crippen molar-refractivity contribution in [2.24, 2.45) is 0 Å². The van der Waals surface area contributed by atoms with E-state index in [-0.39, 0.29) is 36.3 Å². The number of carbonyl (C=O) groups is 3. The molecule has 3 aromatic rings. The summed E-state index contributed by atoms with van der Waals surface area (Å²) in [6, 6.07) is 12.0. The summed E-state index contributed by atoms with van der Waals surface area (Å²) in [4.78, 5) is 49.2. The van der Waals surface area contributed by atoms with Crippen molar-refractivity contribution in [2.75, 3.05) is 25.5 Å². The van der Waals surface area contributed by atoms with Crippen molar-refractivity contribution in [3.8, 4) is 6.07 Å². The van der Waals surface area contributed by atoms with Crippen LogP contribution in [0.25, 0.3) is 0 Å². The third-order valence-corrected chi connectivity index (χ3v) is 5.92. The fraction of sp³-hybridized carbons (Fsp3) is 0.231. The molecule has 1 aliphatic heterocycles. The first-order valence-corrected chi connectivity index (χ1v) is 11.4. The molecular formula is C26H24FN7O3. The minimum Gasteiger partial charge on any atom is -0.347 e. The lowest BCUT2D eigenvalue weighted by Gasteiger charge is -2.22. The number of urea groups is 1. The van der Waals surface area contributed by atoms with E-state index < -0.39 is 17.9 Å². The van der Waals surface area contributed by atoms with Gasteiger partial charge in [0, 0.05) is 32.3 Å². The number of aryl methyl sites for hydroxylation is 1. The van der Waals surface area contributed by atoms with Gasteiger partial charge in [-0.1, -0.05) is 18.2 Å². The normalized spacial score (nSPS) is 13.9. The zero-order valence-corrected chi connectivity index (χ0v) is 20.4. The first kappa shape index (κ1) is 25.2. The highest BCUT2D eigenvalue weighted by Crippen LogP contribution is 2.36. The Bertz CT molecular complexity index is 1430. The lowest BCUT2D eigenvalue weighted by atomic mass is 10.1. The minimum absolute atomic E-state index is 0.00567. The molecule has 1 atom stereocenters. The SMILES string of the molecule is Cc1cc(CNC(=O)c2cc(C(=O)NC3CN(C(=O)N(C)C)c4cc(C#N)ccc43)ncn2)ccc1F. The number of hydrogen-bond acceptors (Lipinski definition) is 6. The lowest BCUT2D eigenvalue weighted by Crippen LogP contribution is -2.40. The number of anilines is 1. The van der Waals surface area contributed by atoms with Crippen molar-refractivity contribution in [1.82, 2.24) is 25.5 Å². The molecule has 2 heterocycles. The van der Waals surface area contributed by atoms with Crippen LogP contribution in [0.2, 0.25) is 0 Å². The highest BCUT2D eigenvalue weighted by molar-refractivity contribution is 5.98. The molecule has 0 fully saturated rings. The highest BCUT2D eigenvalue weighted by Gasteiger charge is 2.34. The minimum atomic E-state index is -0.551. The molecule has 0 saturated carbocycles. The lowest BCUT2D eigenvalue weighted by molar-refractivity contribution is 0.0933. The fourth-order valence-electron chi connectivity index (χ4n) is 3.99. The van der Waals surface area contributed by atoms with Gasteiger partial charge < -0.3 is 15.5 Å². The van der Waals surface area contributed by atoms with E-state index in [1.54, 1.807) is 51.4 Å². The van der Waals surface area contributed by atoms with Gasteiger partial charge in [0.2, 0.25) is 0 Å². The predicted molar refractivity (Wildman–Crippen MR) is 132 cm³/mol. The summed E-state index contributed by atoms with van der Waals surface area (Å²) in [6.07, 6.45) is 1.12. The Morgan fingerprint density at radius 1 is 1.11 bits per heavy atom. The Kier molecular flexibility index (Phi) is 7.11. The fourth-order valence-corrected chi connectivity index (χ4v) is 3.99. The number of nitrogens with one attached hydrogen (secondary N) is 2. The number of nitriles is 1. The average molecular weight is 502 g/mol. The van der Waals surface area contributed by atoms with Gasteiger partial charge in [-0.25, -0.2) is 19.2 Å². The van der Waals surface area contributed by atoms with Gasteiger partial charge in [-0.2, -0.15) is 5.26 Å². The van der Waals surface area contributed by atoms with E-state index in [1.165, 1.54) is 21.9 Å². The summed E-state index contributed by atoms with van der Waals surface area (Å²) in [7, 11) is 3.24. The van der Waals surface area contributed by atoms with Crippen molar-refractivity contribution in [3.63, 3.8) is 0 Å². The number of amides is 4. The number of hydrogen-bond donors (Lipinski definition) is 2. The first-order chi connectivity index (χ1) is 17.7. The highest BCUT2D eigenvalue weighted by atomic mass is 19.1. The summed E-state index contributed by atoms with van der Waals surface area (Å²) < 4.78 is 13.5. The van der Waals surface area contributed by atoms with Crippen LogP contribution in [0.15, 0.2) is 48.8 Å². The van der Waals surface area contributed by atoms with Crippen LogP contribution in [0, 0.1) is 24.1 Å². The largest absolute Gasteiger partial charge is 0.347 e. The van der Waals surface area contributed by atoms with E-state index in [9.17, 15) is 24.0 Å². The molecule has 0 aliphatic carbocycles. The van der Waals surface area contributed by atoms with E-state index in [2.05, 4.69) is 26.7 Å². The topological polar surface area (TPSA) is 131 Å². The van der Waals surface area contributed by atoms with Gasteiger partial charge in [0.15, 0.2) is 0 Å². The summed E-state index contributed by atoms with van der Waals surface area (Å²) in [5.41, 5.74) is 2.78. The van der Waals surface area contributed by atoms with Crippen LogP contribution in [0.1, 0.15) is 49.3 Å². The molecule has 0 saturated heterocycles. The predicted octanol–water partition coefficient (Wildman–Crippen LogP) is 2.70. The second kappa shape index (κ2) is 10.4.